The van der Waals surface area contributed by atoms with E-state index in [0.717, 1.165) is 0 Å². The Hall–Kier alpha value is -12.1. The van der Waals surface area contributed by atoms with E-state index in [1.807, 2.05) is 11.3 Å². The van der Waals surface area contributed by atoms with Gasteiger partial charge in [0.1, 0.15) is 0 Å². The Balaban J connectivity index is 0.000000135. The first-order valence-electron chi connectivity index (χ1n) is 33.6. The Morgan fingerprint density at radius 1 is 0.247 bits per heavy atom. The second kappa shape index (κ2) is 21.5. The molecule has 0 saturated heterocycles. The number of hydrogen-bond acceptors (Lipinski definition) is 1. The van der Waals surface area contributed by atoms with Crippen LogP contribution in [-0.4, -0.2) is 13.7 Å². The van der Waals surface area contributed by atoms with E-state index >= 15 is 0 Å². The average molecular weight is 1250 g/mol. The number of fused-ring (bicyclic) bond motifs is 20. The predicted octanol–water partition coefficient (Wildman–Crippen LogP) is 25.8. The molecule has 0 spiro atoms. The van der Waals surface area contributed by atoms with Crippen molar-refractivity contribution in [2.75, 3.05) is 0 Å². The number of hydrogen-bond donors (Lipinski definition) is 0. The van der Waals surface area contributed by atoms with Gasteiger partial charge in [0.25, 0.3) is 0 Å². The lowest BCUT2D eigenvalue weighted by Crippen LogP contribution is -2.16. The first-order valence-corrected chi connectivity index (χ1v) is 34.4. The molecule has 97 heavy (non-hydrogen) atoms. The molecule has 0 amide bonds. The standard InChI is InChI=1S/C50H30N2S.C43H31N/c1-2-12-32(13-3-1)52-47-20-10-7-16-37(47)43-28-41-35-15-5-4-14-34(35)40-26-31(22-24-36(40)42(41)29-48(43)52)45-30-51(46-19-9-6-17-38(45)46)33-23-25-50-44(27-33)39-18-8-11-21-49(39)53-50;1-43(2)40-22-11-10-19-35(40)36-21-12-20-32(42(36)43)29-23-24-41-38(26-29)39(27-44(41)30-14-4-3-5-15-30)37-25-28-13-6-7-16-31(28)33-17-8-9-18-34(33)37/h1-30H;3-27H,1-2H3. The Bertz CT molecular complexity index is 6650. The van der Waals surface area contributed by atoms with E-state index in [-0.39, 0.29) is 5.41 Å². The topological polar surface area (TPSA) is 14.8 Å². The Kier molecular flexibility index (Phi) is 12.3. The maximum Gasteiger partial charge on any atom is 0.0547 e. The quantitative estimate of drug-likeness (QED) is 0.147. The molecule has 20 aromatic rings. The van der Waals surface area contributed by atoms with Crippen LogP contribution in [0, 0.1) is 0 Å². The van der Waals surface area contributed by atoms with Gasteiger partial charge in [-0.15, -0.1) is 11.3 Å². The SMILES string of the molecule is CC1(C)c2ccccc2-c2cccc(-c3ccc4c(c3)c(-c3cc5ccccc5c5ccccc35)cn4-c3ccccc3)c21.c1ccc(-n2c3ccccc3c3cc4c5ccccc5c5cc(-c6cn(-c7ccc8sc9ccccc9c8c7)c7ccccc67)ccc5c4cc32)cc1. The molecular formula is C93H61N3S. The molecule has 0 saturated carbocycles. The molecular weight excluding hydrogens is 1190 g/mol. The van der Waals surface area contributed by atoms with Gasteiger partial charge >= 0.3 is 0 Å². The molecule has 21 rings (SSSR count). The van der Waals surface area contributed by atoms with Crippen molar-refractivity contribution >= 4 is 129 Å². The van der Waals surface area contributed by atoms with Gasteiger partial charge in [0.2, 0.25) is 0 Å². The smallest absolute Gasteiger partial charge is 0.0547 e. The third kappa shape index (κ3) is 8.47. The van der Waals surface area contributed by atoms with E-state index in [0.29, 0.717) is 0 Å². The van der Waals surface area contributed by atoms with Crippen LogP contribution < -0.4 is 0 Å². The van der Waals surface area contributed by atoms with Crippen LogP contribution in [0.5, 0.6) is 0 Å². The molecule has 3 nitrogen and oxygen atoms in total. The third-order valence-corrected chi connectivity index (χ3v) is 22.2. The molecule has 4 heterocycles. The Morgan fingerprint density at radius 2 is 0.784 bits per heavy atom. The molecule has 4 heteroatoms. The minimum Gasteiger partial charge on any atom is -0.316 e. The van der Waals surface area contributed by atoms with Gasteiger partial charge in [-0.25, -0.2) is 0 Å². The van der Waals surface area contributed by atoms with E-state index in [9.17, 15) is 0 Å². The molecule has 0 N–H and O–H groups in total. The summed E-state index contributed by atoms with van der Waals surface area (Å²) in [4.78, 5) is 0. The fourth-order valence-corrected chi connectivity index (χ4v) is 17.8. The normalized spacial score (nSPS) is 12.7. The van der Waals surface area contributed by atoms with Crippen molar-refractivity contribution in [1.29, 1.82) is 0 Å². The number of para-hydroxylation sites is 4. The lowest BCUT2D eigenvalue weighted by Gasteiger charge is -2.24. The first kappa shape index (κ1) is 55.4. The molecule has 0 bridgehead atoms. The van der Waals surface area contributed by atoms with Gasteiger partial charge in [-0.1, -0.05) is 238 Å². The van der Waals surface area contributed by atoms with Crippen LogP contribution >= 0.6 is 11.3 Å². The van der Waals surface area contributed by atoms with Crippen molar-refractivity contribution in [2.45, 2.75) is 19.3 Å². The predicted molar refractivity (Wildman–Crippen MR) is 415 cm³/mol. The van der Waals surface area contributed by atoms with Gasteiger partial charge < -0.3 is 13.7 Å². The zero-order chi connectivity index (χ0) is 64.0. The summed E-state index contributed by atoms with van der Waals surface area (Å²) in [5.74, 6) is 0. The van der Waals surface area contributed by atoms with Gasteiger partial charge in [0, 0.05) is 87.7 Å². The van der Waals surface area contributed by atoms with Crippen molar-refractivity contribution < 1.29 is 0 Å². The molecule has 0 radical (unpaired) electrons. The summed E-state index contributed by atoms with van der Waals surface area (Å²) >= 11 is 1.86. The Labute approximate surface area is 564 Å². The Morgan fingerprint density at radius 3 is 1.59 bits per heavy atom. The minimum absolute atomic E-state index is 0.0785. The van der Waals surface area contributed by atoms with Crippen molar-refractivity contribution in [3.8, 4) is 61.6 Å². The second-order valence-electron chi connectivity index (χ2n) is 26.7. The van der Waals surface area contributed by atoms with Crippen molar-refractivity contribution in [1.82, 2.24) is 13.7 Å². The molecule has 454 valence electrons. The van der Waals surface area contributed by atoms with Gasteiger partial charge in [0.15, 0.2) is 0 Å². The largest absolute Gasteiger partial charge is 0.316 e. The molecule has 1 aliphatic carbocycles. The summed E-state index contributed by atoms with van der Waals surface area (Å²) in [5.41, 5.74) is 21.4. The second-order valence-corrected chi connectivity index (χ2v) is 27.8. The van der Waals surface area contributed by atoms with Crippen LogP contribution in [0.1, 0.15) is 25.0 Å². The molecule has 0 fully saturated rings. The van der Waals surface area contributed by atoms with Crippen LogP contribution in [-0.2, 0) is 5.41 Å². The summed E-state index contributed by atoms with van der Waals surface area (Å²) in [6.07, 6.45) is 4.68. The number of nitrogens with zero attached hydrogens (tertiary/aromatic N) is 3. The highest BCUT2D eigenvalue weighted by atomic mass is 32.1. The molecule has 0 atom stereocenters. The average Bonchev–Trinajstić information content (AvgIpc) is 1.54. The highest BCUT2D eigenvalue weighted by Crippen LogP contribution is 2.53. The maximum absolute atomic E-state index is 2.43. The van der Waals surface area contributed by atoms with Crippen molar-refractivity contribution in [3.05, 3.63) is 345 Å². The molecule has 4 aromatic heterocycles. The minimum atomic E-state index is -0.0785. The zero-order valence-electron chi connectivity index (χ0n) is 53.5. The third-order valence-electron chi connectivity index (χ3n) is 21.1. The van der Waals surface area contributed by atoms with Crippen LogP contribution in [0.15, 0.2) is 334 Å². The highest BCUT2D eigenvalue weighted by Gasteiger charge is 2.37. The van der Waals surface area contributed by atoms with Gasteiger partial charge in [0.05, 0.1) is 22.1 Å². The molecule has 0 aliphatic heterocycles. The zero-order valence-corrected chi connectivity index (χ0v) is 54.3. The number of benzene rings is 16. The van der Waals surface area contributed by atoms with E-state index in [1.165, 1.54) is 190 Å². The maximum atomic E-state index is 2.43. The van der Waals surface area contributed by atoms with Crippen molar-refractivity contribution in [2.24, 2.45) is 0 Å². The summed E-state index contributed by atoms with van der Waals surface area (Å²) in [6, 6.07) is 118. The van der Waals surface area contributed by atoms with Gasteiger partial charge in [-0.05, 0) is 195 Å². The van der Waals surface area contributed by atoms with Crippen LogP contribution in [0.2, 0.25) is 0 Å². The molecule has 1 aliphatic rings. The summed E-state index contributed by atoms with van der Waals surface area (Å²) in [7, 11) is 0. The van der Waals surface area contributed by atoms with Crippen molar-refractivity contribution in [3.63, 3.8) is 0 Å². The number of rotatable bonds is 6. The number of aromatic nitrogens is 3. The van der Waals surface area contributed by atoms with Gasteiger partial charge in [-0.3, -0.25) is 0 Å². The molecule has 0 unspecified atom stereocenters. The lowest BCUT2D eigenvalue weighted by atomic mass is 9.78. The fourth-order valence-electron chi connectivity index (χ4n) is 16.7. The van der Waals surface area contributed by atoms with Crippen LogP contribution in [0.25, 0.3) is 179 Å². The van der Waals surface area contributed by atoms with Crippen LogP contribution in [0.3, 0.4) is 0 Å². The number of thiophene rings is 1. The summed E-state index contributed by atoms with van der Waals surface area (Å²) < 4.78 is 9.80. The summed E-state index contributed by atoms with van der Waals surface area (Å²) in [6.45, 7) is 4.75. The fraction of sp³-hybridized carbons (Fsp3) is 0.0323. The van der Waals surface area contributed by atoms with Gasteiger partial charge in [-0.2, -0.15) is 0 Å². The summed E-state index contributed by atoms with van der Waals surface area (Å²) in [5, 5.41) is 20.5. The van der Waals surface area contributed by atoms with E-state index in [2.05, 4.69) is 361 Å². The highest BCUT2D eigenvalue weighted by molar-refractivity contribution is 7.25. The first-order chi connectivity index (χ1) is 47.9. The van der Waals surface area contributed by atoms with E-state index in [4.69, 9.17) is 0 Å². The monoisotopic (exact) mass is 1250 g/mol. The lowest BCUT2D eigenvalue weighted by molar-refractivity contribution is 0.662. The van der Waals surface area contributed by atoms with E-state index in [1.54, 1.807) is 0 Å². The van der Waals surface area contributed by atoms with E-state index < -0.39 is 0 Å². The van der Waals surface area contributed by atoms with Crippen LogP contribution in [0.4, 0.5) is 0 Å². The molecule has 16 aromatic carbocycles.